The van der Waals surface area contributed by atoms with Crippen molar-refractivity contribution in [1.82, 2.24) is 4.57 Å². The summed E-state index contributed by atoms with van der Waals surface area (Å²) in [7, 11) is 0. The first-order valence-corrected chi connectivity index (χ1v) is 6.52. The lowest BCUT2D eigenvalue weighted by atomic mass is 10.1. The van der Waals surface area contributed by atoms with Crippen LogP contribution in [0.5, 0.6) is 0 Å². The molecule has 1 aromatic heterocycles. The molecule has 19 heavy (non-hydrogen) atoms. The van der Waals surface area contributed by atoms with Gasteiger partial charge in [0, 0.05) is 22.6 Å². The van der Waals surface area contributed by atoms with E-state index in [1.54, 1.807) is 10.6 Å². The van der Waals surface area contributed by atoms with Crippen LogP contribution in [0.15, 0.2) is 23.1 Å². The van der Waals surface area contributed by atoms with Crippen LogP contribution in [0.3, 0.4) is 0 Å². The Labute approximate surface area is 118 Å². The van der Waals surface area contributed by atoms with Crippen molar-refractivity contribution in [3.05, 3.63) is 44.2 Å². The van der Waals surface area contributed by atoms with Gasteiger partial charge >= 0.3 is 5.97 Å². The molecule has 3 rings (SSSR count). The van der Waals surface area contributed by atoms with Gasteiger partial charge in [0.1, 0.15) is 5.56 Å². The largest absolute Gasteiger partial charge is 0.477 e. The quantitative estimate of drug-likeness (QED) is 0.925. The van der Waals surface area contributed by atoms with E-state index in [0.717, 1.165) is 12.8 Å². The number of aromatic nitrogens is 1. The number of aromatic carboxylic acids is 1. The molecular weight excluding hydrogens is 289 g/mol. The molecule has 1 N–H and O–H groups in total. The lowest BCUT2D eigenvalue weighted by Gasteiger charge is -2.13. The van der Waals surface area contributed by atoms with Gasteiger partial charge in [0.25, 0.3) is 0 Å². The van der Waals surface area contributed by atoms with Gasteiger partial charge in [0.2, 0.25) is 5.43 Å². The van der Waals surface area contributed by atoms with Gasteiger partial charge in [-0.2, -0.15) is 0 Å². The maximum absolute atomic E-state index is 12.2. The van der Waals surface area contributed by atoms with Crippen molar-refractivity contribution in [2.75, 3.05) is 0 Å². The minimum atomic E-state index is -1.24. The second-order valence-corrected chi connectivity index (χ2v) is 5.44. The molecule has 1 aliphatic carbocycles. The van der Waals surface area contributed by atoms with E-state index in [9.17, 15) is 9.59 Å². The molecule has 98 valence electrons. The molecular formula is C13H9Cl2NO3. The number of hydrogen-bond acceptors (Lipinski definition) is 2. The Morgan fingerprint density at radius 2 is 2.00 bits per heavy atom. The van der Waals surface area contributed by atoms with E-state index in [-0.39, 0.29) is 17.0 Å². The van der Waals surface area contributed by atoms with E-state index in [0.29, 0.717) is 15.6 Å². The van der Waals surface area contributed by atoms with E-state index in [4.69, 9.17) is 28.3 Å². The maximum atomic E-state index is 12.2. The average molecular weight is 298 g/mol. The third-order valence-corrected chi connectivity index (χ3v) is 3.72. The van der Waals surface area contributed by atoms with Gasteiger partial charge in [-0.05, 0) is 25.0 Å². The Bertz CT molecular complexity index is 763. The smallest absolute Gasteiger partial charge is 0.341 e. The molecule has 0 radical (unpaired) electrons. The van der Waals surface area contributed by atoms with E-state index < -0.39 is 11.4 Å². The first-order chi connectivity index (χ1) is 8.99. The Hall–Kier alpha value is -1.52. The fourth-order valence-electron chi connectivity index (χ4n) is 2.20. The van der Waals surface area contributed by atoms with Crippen LogP contribution >= 0.6 is 23.2 Å². The number of carboxylic acid groups (broad SMARTS) is 1. The van der Waals surface area contributed by atoms with Gasteiger partial charge in [-0.1, -0.05) is 23.2 Å². The highest BCUT2D eigenvalue weighted by molar-refractivity contribution is 6.38. The van der Waals surface area contributed by atoms with E-state index in [2.05, 4.69) is 0 Å². The molecule has 0 aliphatic heterocycles. The van der Waals surface area contributed by atoms with E-state index in [1.807, 2.05) is 0 Å². The molecule has 4 nitrogen and oxygen atoms in total. The predicted molar refractivity (Wildman–Crippen MR) is 73.5 cm³/mol. The van der Waals surface area contributed by atoms with Gasteiger partial charge in [-0.15, -0.1) is 0 Å². The summed E-state index contributed by atoms with van der Waals surface area (Å²) < 4.78 is 1.78. The highest BCUT2D eigenvalue weighted by Gasteiger charge is 2.27. The normalized spacial score (nSPS) is 14.8. The third-order valence-electron chi connectivity index (χ3n) is 3.21. The molecule has 1 aliphatic rings. The molecule has 1 aromatic carbocycles. The Morgan fingerprint density at radius 1 is 1.32 bits per heavy atom. The highest BCUT2D eigenvalue weighted by atomic mass is 35.5. The van der Waals surface area contributed by atoms with Crippen molar-refractivity contribution >= 4 is 40.1 Å². The van der Waals surface area contributed by atoms with E-state index in [1.165, 1.54) is 12.3 Å². The SMILES string of the molecule is O=C(O)c1cn(C2CC2)c2c(Cl)cc(Cl)cc2c1=O. The Morgan fingerprint density at radius 3 is 2.58 bits per heavy atom. The van der Waals surface area contributed by atoms with Crippen LogP contribution in [-0.4, -0.2) is 15.6 Å². The Balaban J connectivity index is 2.49. The number of halogens is 2. The lowest BCUT2D eigenvalue weighted by Crippen LogP contribution is -2.18. The van der Waals surface area contributed by atoms with Crippen LogP contribution < -0.4 is 5.43 Å². The van der Waals surface area contributed by atoms with Gasteiger partial charge in [-0.3, -0.25) is 4.79 Å². The summed E-state index contributed by atoms with van der Waals surface area (Å²) in [5.74, 6) is -1.24. The minimum Gasteiger partial charge on any atom is -0.477 e. The summed E-state index contributed by atoms with van der Waals surface area (Å²) in [6.45, 7) is 0. The molecule has 0 bridgehead atoms. The Kier molecular flexibility index (Phi) is 2.80. The summed E-state index contributed by atoms with van der Waals surface area (Å²) in [5, 5.41) is 10.0. The first-order valence-electron chi connectivity index (χ1n) is 5.76. The van der Waals surface area contributed by atoms with Gasteiger partial charge < -0.3 is 9.67 Å². The molecule has 6 heteroatoms. The first kappa shape index (κ1) is 12.5. The monoisotopic (exact) mass is 297 g/mol. The maximum Gasteiger partial charge on any atom is 0.341 e. The summed E-state index contributed by atoms with van der Waals surface area (Å²) in [4.78, 5) is 23.3. The van der Waals surface area contributed by atoms with Crippen molar-refractivity contribution in [3.63, 3.8) is 0 Å². The number of carboxylic acids is 1. The van der Waals surface area contributed by atoms with Crippen molar-refractivity contribution in [1.29, 1.82) is 0 Å². The molecule has 2 aromatic rings. The molecule has 0 atom stereocenters. The van der Waals surface area contributed by atoms with Crippen LogP contribution in [0, 0.1) is 0 Å². The van der Waals surface area contributed by atoms with Crippen LogP contribution in [0.1, 0.15) is 29.2 Å². The molecule has 0 saturated heterocycles. The van der Waals surface area contributed by atoms with Gasteiger partial charge in [0.05, 0.1) is 10.5 Å². The fraction of sp³-hybridized carbons (Fsp3) is 0.231. The summed E-state index contributed by atoms with van der Waals surface area (Å²) in [6.07, 6.45) is 3.29. The zero-order valence-corrected chi connectivity index (χ0v) is 11.2. The number of fused-ring (bicyclic) bond motifs is 1. The van der Waals surface area contributed by atoms with Crippen LogP contribution in [0.2, 0.25) is 10.0 Å². The number of rotatable bonds is 2. The van der Waals surface area contributed by atoms with Crippen LogP contribution in [0.4, 0.5) is 0 Å². The molecule has 0 unspecified atom stereocenters. The van der Waals surface area contributed by atoms with Crippen molar-refractivity contribution in [2.45, 2.75) is 18.9 Å². The second-order valence-electron chi connectivity index (χ2n) is 4.60. The molecule has 1 fully saturated rings. The van der Waals surface area contributed by atoms with Crippen LogP contribution in [-0.2, 0) is 0 Å². The molecule has 1 heterocycles. The summed E-state index contributed by atoms with van der Waals surface area (Å²) in [5.41, 5.74) is -0.245. The number of nitrogens with zero attached hydrogens (tertiary/aromatic N) is 1. The number of benzene rings is 1. The second kappa shape index (κ2) is 4.25. The van der Waals surface area contributed by atoms with Crippen molar-refractivity contribution in [3.8, 4) is 0 Å². The zero-order chi connectivity index (χ0) is 13.7. The summed E-state index contributed by atoms with van der Waals surface area (Å²) in [6, 6.07) is 3.24. The predicted octanol–water partition coefficient (Wildman–Crippen LogP) is 3.34. The zero-order valence-electron chi connectivity index (χ0n) is 9.69. The topological polar surface area (TPSA) is 59.3 Å². The number of carbonyl (C=O) groups is 1. The lowest BCUT2D eigenvalue weighted by molar-refractivity contribution is 0.0695. The van der Waals surface area contributed by atoms with E-state index >= 15 is 0 Å². The third kappa shape index (κ3) is 2.01. The summed E-state index contributed by atoms with van der Waals surface area (Å²) >= 11 is 12.0. The van der Waals surface area contributed by atoms with Gasteiger partial charge in [0.15, 0.2) is 0 Å². The van der Waals surface area contributed by atoms with Crippen LogP contribution in [0.25, 0.3) is 10.9 Å². The van der Waals surface area contributed by atoms with Crippen molar-refractivity contribution in [2.24, 2.45) is 0 Å². The molecule has 0 spiro atoms. The standard InChI is InChI=1S/C13H9Cl2NO3/c14-6-3-8-11(10(15)4-6)16(7-1-2-7)5-9(12(8)17)13(18)19/h3-5,7H,1-2H2,(H,18,19). The average Bonchev–Trinajstić information content (AvgIpc) is 3.13. The molecule has 1 saturated carbocycles. The minimum absolute atomic E-state index is 0.208. The number of pyridine rings is 1. The number of hydrogen-bond donors (Lipinski definition) is 1. The molecule has 0 amide bonds. The van der Waals surface area contributed by atoms with Crippen molar-refractivity contribution < 1.29 is 9.90 Å². The fourth-order valence-corrected chi connectivity index (χ4v) is 2.79. The highest BCUT2D eigenvalue weighted by Crippen LogP contribution is 2.39. The van der Waals surface area contributed by atoms with Gasteiger partial charge in [-0.25, -0.2) is 4.79 Å².